The molecule has 2 aromatic rings. The van der Waals surface area contributed by atoms with E-state index in [0.717, 1.165) is 16.7 Å². The van der Waals surface area contributed by atoms with Crippen molar-refractivity contribution in [3.05, 3.63) is 36.5 Å². The maximum Gasteiger partial charge on any atom is 0.121 e. The smallest absolute Gasteiger partial charge is 0.121 e. The van der Waals surface area contributed by atoms with Gasteiger partial charge in [-0.2, -0.15) is 0 Å². The van der Waals surface area contributed by atoms with Crippen molar-refractivity contribution in [2.75, 3.05) is 13.2 Å². The largest absolute Gasteiger partial charge is 0.493 e. The highest BCUT2D eigenvalue weighted by Crippen LogP contribution is 2.18. The monoisotopic (exact) mass is 232 g/mol. The number of hydrogen-bond donors (Lipinski definition) is 2. The quantitative estimate of drug-likeness (QED) is 0.816. The molecule has 0 fully saturated rings. The van der Waals surface area contributed by atoms with Crippen molar-refractivity contribution >= 4 is 10.9 Å². The first kappa shape index (κ1) is 11.8. The summed E-state index contributed by atoms with van der Waals surface area (Å²) in [6.45, 7) is 0.722. The zero-order valence-corrected chi connectivity index (χ0v) is 9.54. The van der Waals surface area contributed by atoms with E-state index in [-0.39, 0.29) is 6.54 Å². The Bertz CT molecular complexity index is 488. The minimum atomic E-state index is -0.492. The molecule has 4 nitrogen and oxygen atoms in total. The highest BCUT2D eigenvalue weighted by molar-refractivity contribution is 5.79. The van der Waals surface area contributed by atoms with E-state index < -0.39 is 6.10 Å². The second kappa shape index (κ2) is 5.61. The van der Waals surface area contributed by atoms with Crippen LogP contribution in [-0.4, -0.2) is 29.3 Å². The minimum Gasteiger partial charge on any atom is -0.493 e. The molecule has 90 valence electrons. The first-order valence-electron chi connectivity index (χ1n) is 5.65. The Morgan fingerprint density at radius 2 is 2.24 bits per heavy atom. The summed E-state index contributed by atoms with van der Waals surface area (Å²) in [4.78, 5) is 4.25. The lowest BCUT2D eigenvalue weighted by atomic mass is 10.2. The maximum atomic E-state index is 9.29. The molecule has 1 atom stereocenters. The highest BCUT2D eigenvalue weighted by atomic mass is 16.5. The zero-order valence-electron chi connectivity index (χ0n) is 9.54. The Morgan fingerprint density at radius 3 is 3.06 bits per heavy atom. The average Bonchev–Trinajstić information content (AvgIpc) is 2.38. The molecule has 1 aromatic carbocycles. The van der Waals surface area contributed by atoms with Crippen LogP contribution >= 0.6 is 0 Å². The van der Waals surface area contributed by atoms with Crippen molar-refractivity contribution in [2.45, 2.75) is 12.5 Å². The Morgan fingerprint density at radius 1 is 1.35 bits per heavy atom. The van der Waals surface area contributed by atoms with Crippen LogP contribution in [0.2, 0.25) is 0 Å². The molecule has 3 N–H and O–H groups in total. The summed E-state index contributed by atoms with van der Waals surface area (Å²) in [6.07, 6.45) is 1.80. The molecule has 0 aliphatic rings. The van der Waals surface area contributed by atoms with E-state index in [1.165, 1.54) is 0 Å². The number of aromatic nitrogens is 1. The number of rotatable bonds is 5. The second-order valence-electron chi connectivity index (χ2n) is 3.88. The fourth-order valence-electron chi connectivity index (χ4n) is 1.57. The third-order valence-corrected chi connectivity index (χ3v) is 2.57. The molecule has 1 heterocycles. The molecule has 0 aliphatic carbocycles. The van der Waals surface area contributed by atoms with Crippen molar-refractivity contribution in [3.8, 4) is 5.75 Å². The predicted molar refractivity (Wildman–Crippen MR) is 66.9 cm³/mol. The fourth-order valence-corrected chi connectivity index (χ4v) is 1.57. The Kier molecular flexibility index (Phi) is 3.90. The van der Waals surface area contributed by atoms with Gasteiger partial charge in [-0.3, -0.25) is 4.98 Å². The fraction of sp³-hybridized carbons (Fsp3) is 0.308. The van der Waals surface area contributed by atoms with Gasteiger partial charge < -0.3 is 15.6 Å². The molecule has 1 aromatic heterocycles. The van der Waals surface area contributed by atoms with Gasteiger partial charge in [-0.1, -0.05) is 6.07 Å². The summed E-state index contributed by atoms with van der Waals surface area (Å²) in [5.74, 6) is 0.764. The van der Waals surface area contributed by atoms with Gasteiger partial charge in [-0.25, -0.2) is 0 Å². The third-order valence-electron chi connectivity index (χ3n) is 2.57. The second-order valence-corrected chi connectivity index (χ2v) is 3.88. The SMILES string of the molecule is NCC(O)CCOc1ccc2cccnc2c1. The van der Waals surface area contributed by atoms with E-state index in [1.807, 2.05) is 30.3 Å². The first-order chi connectivity index (χ1) is 8.29. The van der Waals surface area contributed by atoms with Gasteiger partial charge >= 0.3 is 0 Å². The van der Waals surface area contributed by atoms with Crippen molar-refractivity contribution in [1.29, 1.82) is 0 Å². The molecule has 0 saturated carbocycles. The number of aliphatic hydroxyl groups excluding tert-OH is 1. The van der Waals surface area contributed by atoms with Crippen LogP contribution in [0.25, 0.3) is 10.9 Å². The van der Waals surface area contributed by atoms with E-state index in [0.29, 0.717) is 13.0 Å². The summed E-state index contributed by atoms with van der Waals surface area (Å²) >= 11 is 0. The standard InChI is InChI=1S/C13H16N2O2/c14-9-11(16)5-7-17-12-4-3-10-2-1-6-15-13(10)8-12/h1-4,6,8,11,16H,5,7,9,14H2. The van der Waals surface area contributed by atoms with Gasteiger partial charge in [0, 0.05) is 30.6 Å². The van der Waals surface area contributed by atoms with E-state index in [4.69, 9.17) is 10.5 Å². The number of aliphatic hydroxyl groups is 1. The Hall–Kier alpha value is -1.65. The van der Waals surface area contributed by atoms with Crippen LogP contribution < -0.4 is 10.5 Å². The van der Waals surface area contributed by atoms with Crippen LogP contribution in [0.15, 0.2) is 36.5 Å². The number of benzene rings is 1. The lowest BCUT2D eigenvalue weighted by molar-refractivity contribution is 0.146. The van der Waals surface area contributed by atoms with Crippen LogP contribution in [0.3, 0.4) is 0 Å². The van der Waals surface area contributed by atoms with Crippen molar-refractivity contribution in [2.24, 2.45) is 5.73 Å². The molecule has 0 radical (unpaired) electrons. The molecule has 0 amide bonds. The topological polar surface area (TPSA) is 68.4 Å². The zero-order chi connectivity index (χ0) is 12.1. The number of nitrogens with zero attached hydrogens (tertiary/aromatic N) is 1. The van der Waals surface area contributed by atoms with Crippen molar-refractivity contribution < 1.29 is 9.84 Å². The van der Waals surface area contributed by atoms with Gasteiger partial charge in [0.2, 0.25) is 0 Å². The van der Waals surface area contributed by atoms with Gasteiger partial charge in [0.1, 0.15) is 5.75 Å². The van der Waals surface area contributed by atoms with Crippen LogP contribution in [-0.2, 0) is 0 Å². The van der Waals surface area contributed by atoms with Gasteiger partial charge in [-0.05, 0) is 18.2 Å². The molecule has 1 unspecified atom stereocenters. The maximum absolute atomic E-state index is 9.29. The van der Waals surface area contributed by atoms with Gasteiger partial charge in [0.15, 0.2) is 0 Å². The molecular formula is C13H16N2O2. The Labute approximate surface area is 100 Å². The molecule has 0 spiro atoms. The third kappa shape index (κ3) is 3.15. The van der Waals surface area contributed by atoms with Gasteiger partial charge in [0.05, 0.1) is 18.2 Å². The van der Waals surface area contributed by atoms with Crippen LogP contribution in [0.4, 0.5) is 0 Å². The molecule has 0 aliphatic heterocycles. The summed E-state index contributed by atoms with van der Waals surface area (Å²) in [5, 5.41) is 10.4. The molecule has 2 rings (SSSR count). The van der Waals surface area contributed by atoms with E-state index >= 15 is 0 Å². The molecule has 4 heteroatoms. The average molecular weight is 232 g/mol. The first-order valence-corrected chi connectivity index (χ1v) is 5.65. The summed E-state index contributed by atoms with van der Waals surface area (Å²) < 4.78 is 5.53. The summed E-state index contributed by atoms with van der Waals surface area (Å²) in [5.41, 5.74) is 6.22. The van der Waals surface area contributed by atoms with E-state index in [2.05, 4.69) is 4.98 Å². The lowest BCUT2D eigenvalue weighted by Gasteiger charge is -2.09. The van der Waals surface area contributed by atoms with Crippen molar-refractivity contribution in [3.63, 3.8) is 0 Å². The number of nitrogens with two attached hydrogens (primary N) is 1. The van der Waals surface area contributed by atoms with Crippen LogP contribution in [0, 0.1) is 0 Å². The summed E-state index contributed by atoms with van der Waals surface area (Å²) in [7, 11) is 0. The Balaban J connectivity index is 1.99. The highest BCUT2D eigenvalue weighted by Gasteiger charge is 2.02. The van der Waals surface area contributed by atoms with E-state index in [9.17, 15) is 5.11 Å². The number of ether oxygens (including phenoxy) is 1. The van der Waals surface area contributed by atoms with Gasteiger partial charge in [-0.15, -0.1) is 0 Å². The summed E-state index contributed by atoms with van der Waals surface area (Å²) in [6, 6.07) is 9.67. The molecule has 17 heavy (non-hydrogen) atoms. The van der Waals surface area contributed by atoms with Crippen LogP contribution in [0.1, 0.15) is 6.42 Å². The molecule has 0 bridgehead atoms. The number of pyridine rings is 1. The minimum absolute atomic E-state index is 0.267. The van der Waals surface area contributed by atoms with Gasteiger partial charge in [0.25, 0.3) is 0 Å². The number of fused-ring (bicyclic) bond motifs is 1. The normalized spacial score (nSPS) is 12.6. The van der Waals surface area contributed by atoms with Crippen LogP contribution in [0.5, 0.6) is 5.75 Å². The predicted octanol–water partition coefficient (Wildman–Crippen LogP) is 1.32. The van der Waals surface area contributed by atoms with Crippen molar-refractivity contribution in [1.82, 2.24) is 4.98 Å². The molecular weight excluding hydrogens is 216 g/mol. The lowest BCUT2D eigenvalue weighted by Crippen LogP contribution is -2.21. The molecule has 0 saturated heterocycles. The van der Waals surface area contributed by atoms with E-state index in [1.54, 1.807) is 6.20 Å². The number of hydrogen-bond acceptors (Lipinski definition) is 4.